The van der Waals surface area contributed by atoms with Crippen LogP contribution in [0.25, 0.3) is 0 Å². The molecule has 0 aromatic heterocycles. The Balaban J connectivity index is 4.27. The summed E-state index contributed by atoms with van der Waals surface area (Å²) in [6.07, 6.45) is 41.4. The minimum absolute atomic E-state index is 0.0174. The number of carbonyl (C=O) groups excluding carboxylic acids is 2. The molecule has 328 valence electrons. The quantitative estimate of drug-likeness (QED) is 0.0455. The third kappa shape index (κ3) is 37.0. The van der Waals surface area contributed by atoms with Gasteiger partial charge in [-0.25, -0.2) is 0 Å². The highest BCUT2D eigenvalue weighted by Crippen LogP contribution is 2.25. The maximum atomic E-state index is 12.4. The van der Waals surface area contributed by atoms with Gasteiger partial charge < -0.3 is 14.4 Å². The molecule has 55 heavy (non-hydrogen) atoms. The summed E-state index contributed by atoms with van der Waals surface area (Å²) in [6.45, 7) is 18.4. The number of hydrogen-bond acceptors (Lipinski definition) is 5. The summed E-state index contributed by atoms with van der Waals surface area (Å²) in [7, 11) is 0. The largest absolute Gasteiger partial charge is 0.466 e. The summed E-state index contributed by atoms with van der Waals surface area (Å²) in [5.41, 5.74) is 0. The van der Waals surface area contributed by atoms with Crippen LogP contribution in [-0.2, 0) is 19.1 Å². The summed E-state index contributed by atoms with van der Waals surface area (Å²) in [5.74, 6) is 2.32. The Kier molecular flexibility index (Phi) is 41.7. The molecule has 0 saturated heterocycles. The predicted molar refractivity (Wildman–Crippen MR) is 240 cm³/mol. The highest BCUT2D eigenvalue weighted by Gasteiger charge is 2.13. The molecule has 5 heteroatoms. The Morgan fingerprint density at radius 1 is 0.364 bits per heavy atom. The van der Waals surface area contributed by atoms with Crippen LogP contribution in [0.3, 0.4) is 0 Å². The second kappa shape index (κ2) is 42.5. The van der Waals surface area contributed by atoms with E-state index >= 15 is 0 Å². The molecular formula is C50H99NO4. The van der Waals surface area contributed by atoms with Crippen LogP contribution in [0.5, 0.6) is 0 Å². The minimum Gasteiger partial charge on any atom is -0.466 e. The lowest BCUT2D eigenvalue weighted by Gasteiger charge is -2.21. The number of hydrogen-bond donors (Lipinski definition) is 0. The van der Waals surface area contributed by atoms with Crippen LogP contribution in [-0.4, -0.2) is 49.7 Å². The van der Waals surface area contributed by atoms with Crippen molar-refractivity contribution in [2.45, 2.75) is 260 Å². The Bertz CT molecular complexity index is 723. The van der Waals surface area contributed by atoms with Crippen molar-refractivity contribution in [1.29, 1.82) is 0 Å². The predicted octanol–water partition coefficient (Wildman–Crippen LogP) is 15.6. The fraction of sp³-hybridized carbons (Fsp3) is 0.960. The molecule has 0 aliphatic heterocycles. The van der Waals surface area contributed by atoms with Crippen LogP contribution in [0.1, 0.15) is 260 Å². The van der Waals surface area contributed by atoms with Gasteiger partial charge in [0.1, 0.15) is 0 Å². The van der Waals surface area contributed by atoms with E-state index < -0.39 is 0 Å². The third-order valence-corrected chi connectivity index (χ3v) is 12.4. The fourth-order valence-corrected chi connectivity index (χ4v) is 8.46. The van der Waals surface area contributed by atoms with Gasteiger partial charge in [0.05, 0.1) is 13.2 Å². The topological polar surface area (TPSA) is 55.8 Å². The van der Waals surface area contributed by atoms with Crippen molar-refractivity contribution in [3.63, 3.8) is 0 Å². The smallest absolute Gasteiger partial charge is 0.305 e. The Morgan fingerprint density at radius 3 is 1.00 bits per heavy atom. The first-order valence-electron chi connectivity index (χ1n) is 25.0. The lowest BCUT2D eigenvalue weighted by molar-refractivity contribution is -0.145. The molecule has 0 bridgehead atoms. The summed E-state index contributed by atoms with van der Waals surface area (Å²) in [4.78, 5) is 27.4. The Hall–Kier alpha value is -1.10. The van der Waals surface area contributed by atoms with Crippen molar-refractivity contribution in [2.24, 2.45) is 17.8 Å². The molecule has 0 fully saturated rings. The zero-order chi connectivity index (χ0) is 40.5. The number of carbonyl (C=O) groups is 2. The van der Waals surface area contributed by atoms with Crippen molar-refractivity contribution in [2.75, 3.05) is 32.8 Å². The number of ether oxygens (including phenoxy) is 2. The van der Waals surface area contributed by atoms with Crippen LogP contribution in [0.15, 0.2) is 0 Å². The molecule has 0 rings (SSSR count). The minimum atomic E-state index is 0.0174. The molecule has 0 heterocycles. The van der Waals surface area contributed by atoms with Crippen molar-refractivity contribution < 1.29 is 19.1 Å². The summed E-state index contributed by atoms with van der Waals surface area (Å²) < 4.78 is 11.4. The SMILES string of the molecule is CCCCCC(CCCCC)CCOC(=O)CCCCCCCC(CCCCCCCC(=O)OCCC(CCCCC)CCCCC)CCCN(CC)CC. The molecule has 5 nitrogen and oxygen atoms in total. The van der Waals surface area contributed by atoms with E-state index in [-0.39, 0.29) is 11.9 Å². The summed E-state index contributed by atoms with van der Waals surface area (Å²) in [6, 6.07) is 0. The molecule has 0 amide bonds. The lowest BCUT2D eigenvalue weighted by atomic mass is 9.90. The van der Waals surface area contributed by atoms with Crippen molar-refractivity contribution in [3.8, 4) is 0 Å². The normalized spacial score (nSPS) is 11.8. The van der Waals surface area contributed by atoms with Gasteiger partial charge in [-0.05, 0) is 75.9 Å². The molecular weight excluding hydrogens is 679 g/mol. The highest BCUT2D eigenvalue weighted by atomic mass is 16.5. The van der Waals surface area contributed by atoms with Gasteiger partial charge in [0.25, 0.3) is 0 Å². The van der Waals surface area contributed by atoms with Gasteiger partial charge >= 0.3 is 11.9 Å². The van der Waals surface area contributed by atoms with E-state index in [0.29, 0.717) is 26.1 Å². The first kappa shape index (κ1) is 53.9. The van der Waals surface area contributed by atoms with E-state index in [0.717, 1.165) is 69.4 Å². The van der Waals surface area contributed by atoms with Crippen LogP contribution in [0.4, 0.5) is 0 Å². The first-order valence-corrected chi connectivity index (χ1v) is 25.0. The standard InChI is InChI=1S/C50H99NO4/c1-7-13-23-32-47(33-24-14-8-2)41-44-54-49(52)39-29-21-17-19-27-36-46(38-31-43-51(11-5)12-6)37-28-20-18-22-30-40-50(53)55-45-42-48(34-25-15-9-3)35-26-16-10-4/h46-48H,7-45H2,1-6H3. The van der Waals surface area contributed by atoms with E-state index in [1.807, 2.05) is 0 Å². The van der Waals surface area contributed by atoms with Gasteiger partial charge in [-0.2, -0.15) is 0 Å². The van der Waals surface area contributed by atoms with Gasteiger partial charge in [0.15, 0.2) is 0 Å². The van der Waals surface area contributed by atoms with E-state index in [2.05, 4.69) is 46.4 Å². The fourth-order valence-electron chi connectivity index (χ4n) is 8.46. The maximum absolute atomic E-state index is 12.4. The monoisotopic (exact) mass is 778 g/mol. The van der Waals surface area contributed by atoms with E-state index in [1.54, 1.807) is 0 Å². The van der Waals surface area contributed by atoms with Gasteiger partial charge in [-0.3, -0.25) is 9.59 Å². The van der Waals surface area contributed by atoms with Crippen LogP contribution in [0, 0.1) is 17.8 Å². The van der Waals surface area contributed by atoms with Crippen LogP contribution >= 0.6 is 0 Å². The van der Waals surface area contributed by atoms with Crippen LogP contribution < -0.4 is 0 Å². The summed E-state index contributed by atoms with van der Waals surface area (Å²) in [5, 5.41) is 0. The number of esters is 2. The molecule has 0 aromatic carbocycles. The average molecular weight is 778 g/mol. The van der Waals surface area contributed by atoms with Gasteiger partial charge in [-0.1, -0.05) is 208 Å². The van der Waals surface area contributed by atoms with Crippen LogP contribution in [0.2, 0.25) is 0 Å². The zero-order valence-electron chi connectivity index (χ0n) is 38.4. The van der Waals surface area contributed by atoms with Gasteiger partial charge in [0.2, 0.25) is 0 Å². The van der Waals surface area contributed by atoms with Crippen molar-refractivity contribution >= 4 is 11.9 Å². The summed E-state index contributed by atoms with van der Waals surface area (Å²) >= 11 is 0. The zero-order valence-corrected chi connectivity index (χ0v) is 38.4. The van der Waals surface area contributed by atoms with E-state index in [4.69, 9.17) is 9.47 Å². The second-order valence-electron chi connectivity index (χ2n) is 17.4. The maximum Gasteiger partial charge on any atom is 0.305 e. The molecule has 0 N–H and O–H groups in total. The Morgan fingerprint density at radius 2 is 0.655 bits per heavy atom. The first-order chi connectivity index (χ1) is 26.9. The molecule has 0 saturated carbocycles. The number of unbranched alkanes of at least 4 members (excludes halogenated alkanes) is 16. The molecule has 0 aliphatic carbocycles. The molecule has 0 aliphatic rings. The lowest BCUT2D eigenvalue weighted by Crippen LogP contribution is -2.24. The van der Waals surface area contributed by atoms with Gasteiger partial charge in [0, 0.05) is 12.8 Å². The molecule has 0 spiro atoms. The third-order valence-electron chi connectivity index (χ3n) is 12.4. The number of nitrogens with zero attached hydrogens (tertiary/aromatic N) is 1. The van der Waals surface area contributed by atoms with Crippen molar-refractivity contribution in [1.82, 2.24) is 4.90 Å². The molecule has 0 atom stereocenters. The Labute approximate surface area is 345 Å². The second-order valence-corrected chi connectivity index (χ2v) is 17.4. The van der Waals surface area contributed by atoms with Crippen molar-refractivity contribution in [3.05, 3.63) is 0 Å². The number of rotatable bonds is 44. The molecule has 0 radical (unpaired) electrons. The molecule has 0 aromatic rings. The van der Waals surface area contributed by atoms with E-state index in [9.17, 15) is 9.59 Å². The van der Waals surface area contributed by atoms with Gasteiger partial charge in [-0.15, -0.1) is 0 Å². The average Bonchev–Trinajstić information content (AvgIpc) is 3.18. The van der Waals surface area contributed by atoms with E-state index in [1.165, 1.54) is 173 Å². The highest BCUT2D eigenvalue weighted by molar-refractivity contribution is 5.69. The molecule has 0 unspecified atom stereocenters.